The average molecular weight is 540 g/mol. The molecule has 5 aromatic carbocycles. The van der Waals surface area contributed by atoms with E-state index in [0.717, 1.165) is 0 Å². The van der Waals surface area contributed by atoms with Crippen molar-refractivity contribution in [1.82, 2.24) is 8.96 Å². The van der Waals surface area contributed by atoms with Crippen LogP contribution in [0.5, 0.6) is 0 Å². The minimum absolute atomic E-state index is 0.167. The van der Waals surface area contributed by atoms with E-state index in [4.69, 9.17) is 0 Å². The molecule has 0 radical (unpaired) electrons. The molecule has 4 aliphatic heterocycles. The SMILES string of the molecule is c1ccc2c(c1)Sc1c3c(c4c5c1-c1cccc6ccn(c16)B5c1ccccc1S4)-c1cccc4ccn(c14)B23. The summed E-state index contributed by atoms with van der Waals surface area (Å²) in [4.78, 5) is 5.63. The van der Waals surface area contributed by atoms with Gasteiger partial charge >= 0.3 is 13.7 Å². The Balaban J connectivity index is 1.40. The molecule has 7 aromatic rings. The van der Waals surface area contributed by atoms with Crippen molar-refractivity contribution in [3.05, 3.63) is 109 Å². The largest absolute Gasteiger partial charge is 0.382 e. The lowest BCUT2D eigenvalue weighted by Gasteiger charge is -2.41. The van der Waals surface area contributed by atoms with E-state index in [-0.39, 0.29) is 13.7 Å². The van der Waals surface area contributed by atoms with Crippen molar-refractivity contribution in [3.63, 3.8) is 0 Å². The molecule has 2 nitrogen and oxygen atoms in total. The van der Waals surface area contributed by atoms with E-state index in [1.807, 2.05) is 23.5 Å². The van der Waals surface area contributed by atoms with E-state index in [2.05, 4.69) is 118 Å². The number of hydrogen-bond acceptors (Lipinski definition) is 2. The molecular weight excluding hydrogens is 522 g/mol. The second kappa shape index (κ2) is 7.01. The lowest BCUT2D eigenvalue weighted by Crippen LogP contribution is -2.59. The second-order valence-electron chi connectivity index (χ2n) is 11.3. The molecule has 0 spiro atoms. The first-order valence-corrected chi connectivity index (χ1v) is 15.5. The Kier molecular flexibility index (Phi) is 3.65. The van der Waals surface area contributed by atoms with Gasteiger partial charge in [-0.15, -0.1) is 0 Å². The molecule has 11 rings (SSSR count). The first-order chi connectivity index (χ1) is 19.9. The molecule has 0 N–H and O–H groups in total. The molecule has 182 valence electrons. The Morgan fingerprint density at radius 2 is 0.950 bits per heavy atom. The van der Waals surface area contributed by atoms with Crippen LogP contribution in [0.2, 0.25) is 0 Å². The minimum atomic E-state index is 0.167. The van der Waals surface area contributed by atoms with Crippen molar-refractivity contribution >= 4 is 80.9 Å². The Morgan fingerprint density at radius 3 is 1.45 bits per heavy atom. The molecule has 2 aromatic heterocycles. The average Bonchev–Trinajstić information content (AvgIpc) is 3.63. The molecule has 40 heavy (non-hydrogen) atoms. The zero-order valence-corrected chi connectivity index (χ0v) is 22.9. The van der Waals surface area contributed by atoms with Gasteiger partial charge in [0.15, 0.2) is 0 Å². The highest BCUT2D eigenvalue weighted by Gasteiger charge is 2.47. The minimum Gasteiger partial charge on any atom is -0.382 e. The molecule has 0 aliphatic carbocycles. The van der Waals surface area contributed by atoms with Crippen molar-refractivity contribution in [2.75, 3.05) is 0 Å². The van der Waals surface area contributed by atoms with E-state index in [0.29, 0.717) is 0 Å². The maximum Gasteiger partial charge on any atom is 0.330 e. The fraction of sp³-hybridized carbons (Fsp3) is 0. The van der Waals surface area contributed by atoms with E-state index in [1.54, 1.807) is 0 Å². The van der Waals surface area contributed by atoms with Crippen molar-refractivity contribution < 1.29 is 0 Å². The van der Waals surface area contributed by atoms with Gasteiger partial charge in [-0.2, -0.15) is 0 Å². The standard InChI is InChI=1S/C34H18B2N2S2/c1-3-13-25-23(11-1)35-29-27(21-9-5-7-19-15-17-37(35)31(19)21)34-30-28(33(29)39-25)22-10-6-8-20-16-18-38(32(20)22)36(30)24-12-2-4-14-26(24)40-34/h1-18H. The summed E-state index contributed by atoms with van der Waals surface area (Å²) in [6, 6.07) is 36.5. The van der Waals surface area contributed by atoms with Gasteiger partial charge in [-0.3, -0.25) is 0 Å². The lowest BCUT2D eigenvalue weighted by molar-refractivity contribution is 1.20. The Hall–Kier alpha value is -3.99. The van der Waals surface area contributed by atoms with Gasteiger partial charge in [-0.1, -0.05) is 96.3 Å². The molecule has 6 heterocycles. The van der Waals surface area contributed by atoms with Gasteiger partial charge in [0.05, 0.1) is 0 Å². The highest BCUT2D eigenvalue weighted by atomic mass is 32.2. The van der Waals surface area contributed by atoms with Crippen LogP contribution >= 0.6 is 23.5 Å². The normalized spacial score (nSPS) is 14.7. The zero-order chi connectivity index (χ0) is 25.7. The Morgan fingerprint density at radius 1 is 0.475 bits per heavy atom. The molecule has 0 bridgehead atoms. The molecule has 0 atom stereocenters. The van der Waals surface area contributed by atoms with Gasteiger partial charge in [0.1, 0.15) is 0 Å². The molecular formula is C34H18B2N2S2. The first kappa shape index (κ1) is 20.8. The third-order valence-corrected chi connectivity index (χ3v) is 11.9. The molecule has 0 amide bonds. The topological polar surface area (TPSA) is 9.86 Å². The highest BCUT2D eigenvalue weighted by Crippen LogP contribution is 2.51. The van der Waals surface area contributed by atoms with Crippen LogP contribution in [-0.2, 0) is 0 Å². The summed E-state index contributed by atoms with van der Waals surface area (Å²) in [7, 11) is 0. The van der Waals surface area contributed by atoms with Crippen LogP contribution in [0.15, 0.2) is 129 Å². The van der Waals surface area contributed by atoms with E-state index in [1.165, 1.54) is 85.5 Å². The predicted octanol–water partition coefficient (Wildman–Crippen LogP) is 5.79. The smallest absolute Gasteiger partial charge is 0.330 e. The summed E-state index contributed by atoms with van der Waals surface area (Å²) in [5, 5.41) is 2.64. The van der Waals surface area contributed by atoms with Crippen LogP contribution in [0, 0.1) is 0 Å². The Bertz CT molecular complexity index is 2150. The van der Waals surface area contributed by atoms with E-state index in [9.17, 15) is 0 Å². The van der Waals surface area contributed by atoms with Gasteiger partial charge in [0.2, 0.25) is 0 Å². The van der Waals surface area contributed by atoms with Crippen molar-refractivity contribution in [2.24, 2.45) is 0 Å². The monoisotopic (exact) mass is 540 g/mol. The molecule has 6 heteroatoms. The van der Waals surface area contributed by atoms with Gasteiger partial charge in [0, 0.05) is 41.7 Å². The van der Waals surface area contributed by atoms with E-state index < -0.39 is 0 Å². The quantitative estimate of drug-likeness (QED) is 0.225. The summed E-state index contributed by atoms with van der Waals surface area (Å²) in [5.41, 5.74) is 14.2. The third-order valence-electron chi connectivity index (χ3n) is 9.46. The first-order valence-electron chi connectivity index (χ1n) is 13.8. The summed E-state index contributed by atoms with van der Waals surface area (Å²) >= 11 is 3.97. The lowest BCUT2D eigenvalue weighted by atomic mass is 9.43. The maximum atomic E-state index is 2.55. The number of hydrogen-bond donors (Lipinski definition) is 0. The molecule has 0 saturated heterocycles. The Labute approximate surface area is 240 Å². The van der Waals surface area contributed by atoms with Gasteiger partial charge in [0.25, 0.3) is 0 Å². The van der Waals surface area contributed by atoms with Crippen LogP contribution in [0.25, 0.3) is 44.1 Å². The van der Waals surface area contributed by atoms with Crippen LogP contribution in [0.3, 0.4) is 0 Å². The zero-order valence-electron chi connectivity index (χ0n) is 21.3. The van der Waals surface area contributed by atoms with Crippen LogP contribution in [0.4, 0.5) is 0 Å². The molecule has 0 saturated carbocycles. The number of nitrogens with zero attached hydrogens (tertiary/aromatic N) is 2. The van der Waals surface area contributed by atoms with Gasteiger partial charge in [-0.25, -0.2) is 0 Å². The summed E-state index contributed by atoms with van der Waals surface area (Å²) in [6.45, 7) is 0.334. The fourth-order valence-electron chi connectivity index (χ4n) is 7.99. The molecule has 4 aliphatic rings. The van der Waals surface area contributed by atoms with Crippen LogP contribution < -0.4 is 21.9 Å². The maximum absolute atomic E-state index is 2.55. The highest BCUT2D eigenvalue weighted by molar-refractivity contribution is 8.01. The number of para-hydroxylation sites is 2. The van der Waals surface area contributed by atoms with E-state index >= 15 is 0 Å². The number of aromatic nitrogens is 2. The number of fused-ring (bicyclic) bond motifs is 10. The summed E-state index contributed by atoms with van der Waals surface area (Å²) < 4.78 is 5.11. The molecule has 0 unspecified atom stereocenters. The second-order valence-corrected chi connectivity index (χ2v) is 13.4. The fourth-order valence-corrected chi connectivity index (χ4v) is 10.6. The van der Waals surface area contributed by atoms with Gasteiger partial charge in [-0.05, 0) is 80.4 Å². The van der Waals surface area contributed by atoms with Crippen molar-refractivity contribution in [2.45, 2.75) is 19.6 Å². The number of rotatable bonds is 0. The van der Waals surface area contributed by atoms with Crippen LogP contribution in [0.1, 0.15) is 0 Å². The summed E-state index contributed by atoms with van der Waals surface area (Å²) in [5.74, 6) is 0. The van der Waals surface area contributed by atoms with Gasteiger partial charge < -0.3 is 8.96 Å². The molecule has 0 fully saturated rings. The third kappa shape index (κ3) is 2.26. The number of benzene rings is 5. The predicted molar refractivity (Wildman–Crippen MR) is 170 cm³/mol. The summed E-state index contributed by atoms with van der Waals surface area (Å²) in [6.07, 6.45) is 4.64. The van der Waals surface area contributed by atoms with Crippen LogP contribution in [-0.4, -0.2) is 22.7 Å². The van der Waals surface area contributed by atoms with Crippen molar-refractivity contribution in [3.8, 4) is 22.3 Å². The van der Waals surface area contributed by atoms with Crippen molar-refractivity contribution in [1.29, 1.82) is 0 Å².